The van der Waals surface area contributed by atoms with Gasteiger partial charge in [-0.05, 0) is 18.6 Å². The second-order valence-corrected chi connectivity index (χ2v) is 7.78. The summed E-state index contributed by atoms with van der Waals surface area (Å²) in [5, 5.41) is 1.18. The molecule has 1 atom stereocenters. The smallest absolute Gasteiger partial charge is 0.241 e. The van der Waals surface area contributed by atoms with Gasteiger partial charge in [0, 0.05) is 24.8 Å². The Morgan fingerprint density at radius 3 is 2.73 bits per heavy atom. The molecule has 1 aliphatic heterocycles. The van der Waals surface area contributed by atoms with Crippen LogP contribution >= 0.6 is 11.8 Å². The molecule has 1 amide bonds. The highest BCUT2D eigenvalue weighted by Crippen LogP contribution is 2.26. The van der Waals surface area contributed by atoms with Crippen LogP contribution < -0.4 is 0 Å². The lowest BCUT2D eigenvalue weighted by atomic mass is 10.2. The van der Waals surface area contributed by atoms with Gasteiger partial charge in [-0.3, -0.25) is 4.79 Å². The molecule has 1 aromatic carbocycles. The van der Waals surface area contributed by atoms with Gasteiger partial charge in [0.25, 0.3) is 0 Å². The van der Waals surface area contributed by atoms with Gasteiger partial charge < -0.3 is 4.90 Å². The average molecular weight is 340 g/mol. The van der Waals surface area contributed by atoms with Crippen LogP contribution in [0.4, 0.5) is 0 Å². The quantitative estimate of drug-likeness (QED) is 0.821. The maximum absolute atomic E-state index is 12.5. The number of likely N-dealkylation sites (N-methyl/N-ethyl adjacent to an activating group) is 1. The first-order valence-electron chi connectivity index (χ1n) is 7.03. The Labute approximate surface area is 136 Å². The predicted octanol–water partition coefficient (Wildman–Crippen LogP) is 1.84. The van der Waals surface area contributed by atoms with Gasteiger partial charge in [-0.25, -0.2) is 8.42 Å². The number of hydrogen-bond donors (Lipinski definition) is 0. The van der Waals surface area contributed by atoms with Crippen LogP contribution in [0.5, 0.6) is 0 Å². The second-order valence-electron chi connectivity index (χ2n) is 5.01. The minimum Gasteiger partial charge on any atom is -0.345 e. The lowest BCUT2D eigenvalue weighted by Crippen LogP contribution is -2.47. The molecule has 1 saturated heterocycles. The zero-order valence-electron chi connectivity index (χ0n) is 12.7. The minimum atomic E-state index is -3.61. The lowest BCUT2D eigenvalue weighted by molar-refractivity contribution is -0.132. The van der Waals surface area contributed by atoms with Crippen LogP contribution in [-0.4, -0.2) is 54.8 Å². The summed E-state index contributed by atoms with van der Waals surface area (Å²) in [5.41, 5.74) is 0.812. The van der Waals surface area contributed by atoms with E-state index in [1.54, 1.807) is 18.0 Å². The summed E-state index contributed by atoms with van der Waals surface area (Å²) in [4.78, 5) is 13.8. The molecule has 0 aromatic heterocycles. The molecule has 2 rings (SSSR count). The van der Waals surface area contributed by atoms with E-state index in [1.807, 2.05) is 37.3 Å². The Bertz CT molecular complexity index is 644. The first-order chi connectivity index (χ1) is 10.5. The van der Waals surface area contributed by atoms with Crippen molar-refractivity contribution in [3.8, 4) is 0 Å². The summed E-state index contributed by atoms with van der Waals surface area (Å²) in [6.07, 6.45) is 1.56. The van der Waals surface area contributed by atoms with Gasteiger partial charge >= 0.3 is 0 Å². The van der Waals surface area contributed by atoms with Gasteiger partial charge in [-0.2, -0.15) is 4.31 Å². The molecule has 5 nitrogen and oxygen atoms in total. The van der Waals surface area contributed by atoms with Crippen molar-refractivity contribution in [3.05, 3.63) is 41.3 Å². The number of carbonyl (C=O) groups excluding carboxylic acids is 1. The van der Waals surface area contributed by atoms with E-state index < -0.39 is 16.1 Å². The van der Waals surface area contributed by atoms with Crippen molar-refractivity contribution in [1.29, 1.82) is 0 Å². The molecule has 0 radical (unpaired) electrons. The van der Waals surface area contributed by atoms with Crippen LogP contribution in [0.3, 0.4) is 0 Å². The van der Waals surface area contributed by atoms with E-state index in [9.17, 15) is 13.2 Å². The zero-order chi connectivity index (χ0) is 16.2. The van der Waals surface area contributed by atoms with E-state index in [0.29, 0.717) is 18.2 Å². The van der Waals surface area contributed by atoms with E-state index in [0.717, 1.165) is 5.56 Å². The van der Waals surface area contributed by atoms with E-state index in [4.69, 9.17) is 0 Å². The standard InChI is InChI=1S/C15H20N2O3S2/c1-3-16(2)15(18)14-11-21-12-17(14)22(19,20)10-9-13-7-5-4-6-8-13/h4-10,14H,3,11-12H2,1-2H3/b10-9-/t14-/m1/s1. The predicted molar refractivity (Wildman–Crippen MR) is 90.7 cm³/mol. The number of nitrogens with zero attached hydrogens (tertiary/aromatic N) is 2. The molecule has 1 aliphatic rings. The molecular weight excluding hydrogens is 320 g/mol. The Balaban J connectivity index is 2.17. The average Bonchev–Trinajstić information content (AvgIpc) is 3.03. The molecular formula is C15H20N2O3S2. The molecule has 1 aromatic rings. The van der Waals surface area contributed by atoms with Gasteiger partial charge in [0.05, 0.1) is 5.88 Å². The van der Waals surface area contributed by atoms with Crippen molar-refractivity contribution < 1.29 is 13.2 Å². The highest BCUT2D eigenvalue weighted by Gasteiger charge is 2.39. The number of rotatable bonds is 5. The van der Waals surface area contributed by atoms with Crippen LogP contribution in [0.1, 0.15) is 12.5 Å². The molecule has 1 fully saturated rings. The molecule has 7 heteroatoms. The highest BCUT2D eigenvalue weighted by molar-refractivity contribution is 8.01. The molecule has 22 heavy (non-hydrogen) atoms. The molecule has 0 spiro atoms. The number of thioether (sulfide) groups is 1. The van der Waals surface area contributed by atoms with Crippen LogP contribution in [-0.2, 0) is 14.8 Å². The van der Waals surface area contributed by atoms with Crippen molar-refractivity contribution in [3.63, 3.8) is 0 Å². The van der Waals surface area contributed by atoms with Crippen LogP contribution in [0.15, 0.2) is 35.7 Å². The van der Waals surface area contributed by atoms with Crippen molar-refractivity contribution >= 4 is 33.8 Å². The molecule has 1 heterocycles. The third-order valence-electron chi connectivity index (χ3n) is 3.54. The van der Waals surface area contributed by atoms with E-state index in [2.05, 4.69) is 0 Å². The summed E-state index contributed by atoms with van der Waals surface area (Å²) in [5.74, 6) is 0.668. The summed E-state index contributed by atoms with van der Waals surface area (Å²) < 4.78 is 26.3. The molecule has 0 saturated carbocycles. The monoisotopic (exact) mass is 340 g/mol. The number of amides is 1. The summed E-state index contributed by atoms with van der Waals surface area (Å²) in [7, 11) is -1.92. The third-order valence-corrected chi connectivity index (χ3v) is 6.23. The first-order valence-corrected chi connectivity index (χ1v) is 9.69. The minimum absolute atomic E-state index is 0.149. The van der Waals surface area contributed by atoms with E-state index in [1.165, 1.54) is 21.5 Å². The number of carbonyl (C=O) groups is 1. The SMILES string of the molecule is CCN(C)C(=O)[C@H]1CSCN1S(=O)(=O)/C=C\c1ccccc1. The van der Waals surface area contributed by atoms with E-state index in [-0.39, 0.29) is 5.91 Å². The van der Waals surface area contributed by atoms with Crippen molar-refractivity contribution in [2.45, 2.75) is 13.0 Å². The molecule has 0 unspecified atom stereocenters. The Morgan fingerprint density at radius 1 is 1.41 bits per heavy atom. The normalized spacial score (nSPS) is 19.6. The highest BCUT2D eigenvalue weighted by atomic mass is 32.2. The molecule has 120 valence electrons. The number of hydrogen-bond acceptors (Lipinski definition) is 4. The number of benzene rings is 1. The van der Waals surface area contributed by atoms with Crippen molar-refractivity contribution in [1.82, 2.24) is 9.21 Å². The Hall–Kier alpha value is -1.31. The summed E-state index contributed by atoms with van der Waals surface area (Å²) in [6.45, 7) is 2.43. The Morgan fingerprint density at radius 2 is 2.09 bits per heavy atom. The fraction of sp³-hybridized carbons (Fsp3) is 0.400. The van der Waals surface area contributed by atoms with Gasteiger partial charge in [0.15, 0.2) is 0 Å². The number of sulfonamides is 1. The summed E-state index contributed by atoms with van der Waals surface area (Å²) >= 11 is 1.46. The van der Waals surface area contributed by atoms with Gasteiger partial charge in [0.1, 0.15) is 6.04 Å². The molecule has 0 aliphatic carbocycles. The van der Waals surface area contributed by atoms with Gasteiger partial charge in [0.2, 0.25) is 15.9 Å². The molecule has 0 bridgehead atoms. The maximum atomic E-state index is 12.5. The van der Waals surface area contributed by atoms with Crippen LogP contribution in [0, 0.1) is 0 Å². The second kappa shape index (κ2) is 7.30. The largest absolute Gasteiger partial charge is 0.345 e. The fourth-order valence-electron chi connectivity index (χ4n) is 2.09. The van der Waals surface area contributed by atoms with Crippen molar-refractivity contribution in [2.24, 2.45) is 0 Å². The van der Waals surface area contributed by atoms with E-state index >= 15 is 0 Å². The van der Waals surface area contributed by atoms with Gasteiger partial charge in [-0.15, -0.1) is 11.8 Å². The molecule has 0 N–H and O–H groups in total. The van der Waals surface area contributed by atoms with Gasteiger partial charge in [-0.1, -0.05) is 30.3 Å². The van der Waals surface area contributed by atoms with Crippen molar-refractivity contribution in [2.75, 3.05) is 25.2 Å². The third kappa shape index (κ3) is 3.91. The first kappa shape index (κ1) is 17.1. The fourth-order valence-corrected chi connectivity index (χ4v) is 5.01. The van der Waals surface area contributed by atoms with Crippen LogP contribution in [0.25, 0.3) is 6.08 Å². The summed E-state index contributed by atoms with van der Waals surface area (Å²) in [6, 6.07) is 8.62. The lowest BCUT2D eigenvalue weighted by Gasteiger charge is -2.25. The topological polar surface area (TPSA) is 57.7 Å². The maximum Gasteiger partial charge on any atom is 0.241 e. The van der Waals surface area contributed by atoms with Crippen LogP contribution in [0.2, 0.25) is 0 Å². The Kier molecular flexibility index (Phi) is 5.66. The zero-order valence-corrected chi connectivity index (χ0v) is 14.3.